The molecule has 1 saturated carbocycles. The summed E-state index contributed by atoms with van der Waals surface area (Å²) in [6.45, 7) is 3.76. The smallest absolute Gasteiger partial charge is 0.422 e. The van der Waals surface area contributed by atoms with E-state index in [9.17, 15) is 18.0 Å². The molecule has 0 radical (unpaired) electrons. The molecule has 5 rings (SSSR count). The van der Waals surface area contributed by atoms with Gasteiger partial charge >= 0.3 is 6.18 Å². The number of anilines is 6. The van der Waals surface area contributed by atoms with Gasteiger partial charge in [0.25, 0.3) is 0 Å². The lowest BCUT2D eigenvalue weighted by Crippen LogP contribution is -2.38. The molecule has 1 aliphatic heterocycles. The third-order valence-corrected chi connectivity index (χ3v) is 7.54. The number of halogens is 3. The topological polar surface area (TPSA) is 112 Å². The summed E-state index contributed by atoms with van der Waals surface area (Å²) in [6.07, 6.45) is 3.09. The van der Waals surface area contributed by atoms with Crippen LogP contribution in [0.1, 0.15) is 25.0 Å². The first-order valence-corrected chi connectivity index (χ1v) is 13.8. The Morgan fingerprint density at radius 3 is 2.60 bits per heavy atom. The van der Waals surface area contributed by atoms with Gasteiger partial charge in [-0.2, -0.15) is 23.1 Å². The Kier molecular flexibility index (Phi) is 8.40. The molecule has 3 aromatic rings. The molecule has 0 unspecified atom stereocenters. The van der Waals surface area contributed by atoms with E-state index in [0.29, 0.717) is 18.9 Å². The highest BCUT2D eigenvalue weighted by Crippen LogP contribution is 2.53. The third-order valence-electron chi connectivity index (χ3n) is 7.54. The molecule has 0 saturated heterocycles. The number of fused-ring (bicyclic) bond motifs is 2. The van der Waals surface area contributed by atoms with E-state index in [0.717, 1.165) is 43.3 Å². The Labute approximate surface area is 247 Å². The van der Waals surface area contributed by atoms with E-state index in [1.807, 2.05) is 31.1 Å². The first kappa shape index (κ1) is 30.0. The quantitative estimate of drug-likeness (QED) is 0.303. The van der Waals surface area contributed by atoms with Gasteiger partial charge in [-0.3, -0.25) is 9.78 Å². The van der Waals surface area contributed by atoms with E-state index in [1.165, 1.54) is 6.07 Å². The summed E-state index contributed by atoms with van der Waals surface area (Å²) in [7, 11) is 5.51. The van der Waals surface area contributed by atoms with Gasteiger partial charge in [0, 0.05) is 44.5 Å². The Hall–Kier alpha value is -4.46. The molecule has 11 nitrogen and oxygen atoms in total. The molecule has 1 fully saturated rings. The number of aromatic nitrogens is 4. The van der Waals surface area contributed by atoms with Crippen LogP contribution >= 0.6 is 0 Å². The van der Waals surface area contributed by atoms with Crippen LogP contribution in [0.15, 0.2) is 49.3 Å². The van der Waals surface area contributed by atoms with E-state index in [1.54, 1.807) is 30.4 Å². The highest BCUT2D eigenvalue weighted by Gasteiger charge is 2.48. The number of alkyl halides is 3. The van der Waals surface area contributed by atoms with Crippen LogP contribution in [0, 0.1) is 0 Å². The molecule has 1 spiro atoms. The minimum Gasteiger partial charge on any atom is -0.466 e. The maximum absolute atomic E-state index is 13.2. The van der Waals surface area contributed by atoms with Gasteiger partial charge in [-0.05, 0) is 57.3 Å². The van der Waals surface area contributed by atoms with Crippen molar-refractivity contribution in [2.45, 2.75) is 30.9 Å². The summed E-state index contributed by atoms with van der Waals surface area (Å²) in [4.78, 5) is 36.1. The molecule has 4 heterocycles. The van der Waals surface area contributed by atoms with Crippen LogP contribution in [0.25, 0.3) is 0 Å². The van der Waals surface area contributed by atoms with E-state index in [-0.39, 0.29) is 34.4 Å². The fourth-order valence-corrected chi connectivity index (χ4v) is 5.23. The molecule has 2 N–H and O–H groups in total. The Bertz CT molecular complexity index is 1490. The number of amides is 1. The Balaban J connectivity index is 1.50. The summed E-state index contributed by atoms with van der Waals surface area (Å²) in [5, 5.41) is 5.67. The molecule has 1 amide bonds. The number of likely N-dealkylation sites (N-methyl/N-ethyl adjacent to an activating group) is 2. The van der Waals surface area contributed by atoms with Crippen molar-refractivity contribution in [3.63, 3.8) is 0 Å². The summed E-state index contributed by atoms with van der Waals surface area (Å²) >= 11 is 0. The molecule has 0 bridgehead atoms. The summed E-state index contributed by atoms with van der Waals surface area (Å²) in [5.74, 6) is 0.121. The molecule has 228 valence electrons. The van der Waals surface area contributed by atoms with Crippen molar-refractivity contribution in [3.8, 4) is 5.88 Å². The molecule has 1 aliphatic carbocycles. The highest BCUT2D eigenvalue weighted by atomic mass is 19.4. The molecular weight excluding hydrogens is 563 g/mol. The first-order valence-electron chi connectivity index (χ1n) is 13.8. The van der Waals surface area contributed by atoms with Crippen molar-refractivity contribution in [2.75, 3.05) is 67.8 Å². The second kappa shape index (κ2) is 12.0. The standard InChI is InChI=1S/C29H34F3N9O2/c1-5-23(42)35-19-16-20(26(43-18-29(30,31)32)38-25(19)40(4)15-14-39(2)3)36-27-34-13-9-22(37-27)41-17-28(10-7-11-28)24-21(41)8-6-12-33-24/h5-6,8-9,12-13,16H,1,7,10-11,14-15,17-18H2,2-4H3,(H,35,42)(H,34,36,37). The van der Waals surface area contributed by atoms with Crippen molar-refractivity contribution in [2.24, 2.45) is 0 Å². The average Bonchev–Trinajstić information content (AvgIpc) is 3.31. The summed E-state index contributed by atoms with van der Waals surface area (Å²) < 4.78 is 44.8. The van der Waals surface area contributed by atoms with Crippen LogP contribution < -0.4 is 25.2 Å². The van der Waals surface area contributed by atoms with Crippen molar-refractivity contribution in [1.82, 2.24) is 24.8 Å². The Morgan fingerprint density at radius 2 is 1.93 bits per heavy atom. The van der Waals surface area contributed by atoms with Gasteiger partial charge in [0.05, 0.1) is 17.1 Å². The zero-order chi connectivity index (χ0) is 30.8. The maximum Gasteiger partial charge on any atom is 0.422 e. The van der Waals surface area contributed by atoms with Gasteiger partial charge < -0.3 is 30.1 Å². The third kappa shape index (κ3) is 6.63. The van der Waals surface area contributed by atoms with Gasteiger partial charge in [0.15, 0.2) is 12.4 Å². The second-order valence-electron chi connectivity index (χ2n) is 11.0. The fourth-order valence-electron chi connectivity index (χ4n) is 5.23. The van der Waals surface area contributed by atoms with Crippen LogP contribution in [-0.2, 0) is 10.2 Å². The number of ether oxygens (including phenoxy) is 1. The lowest BCUT2D eigenvalue weighted by Gasteiger charge is -2.38. The lowest BCUT2D eigenvalue weighted by molar-refractivity contribution is -0.153. The van der Waals surface area contributed by atoms with E-state index >= 15 is 0 Å². The van der Waals surface area contributed by atoms with E-state index < -0.39 is 18.7 Å². The number of carbonyl (C=O) groups excluding carboxylic acids is 1. The normalized spacial score (nSPS) is 15.2. The van der Waals surface area contributed by atoms with Crippen molar-refractivity contribution >= 4 is 40.6 Å². The lowest BCUT2D eigenvalue weighted by atomic mass is 9.67. The second-order valence-corrected chi connectivity index (χ2v) is 11.0. The largest absolute Gasteiger partial charge is 0.466 e. The molecular formula is C29H34F3N9O2. The van der Waals surface area contributed by atoms with Crippen molar-refractivity contribution < 1.29 is 22.7 Å². The monoisotopic (exact) mass is 597 g/mol. The highest BCUT2D eigenvalue weighted by molar-refractivity contribution is 6.01. The number of rotatable bonds is 11. The zero-order valence-corrected chi connectivity index (χ0v) is 24.3. The van der Waals surface area contributed by atoms with Gasteiger partial charge in [-0.25, -0.2) is 4.98 Å². The average molecular weight is 598 g/mol. The number of nitrogens with zero attached hydrogens (tertiary/aromatic N) is 7. The number of pyridine rings is 2. The minimum absolute atomic E-state index is 0.00956. The maximum atomic E-state index is 13.2. The van der Waals surface area contributed by atoms with Crippen molar-refractivity contribution in [3.05, 3.63) is 55.0 Å². The van der Waals surface area contributed by atoms with Crippen LogP contribution in [0.4, 0.5) is 47.8 Å². The number of nitrogens with one attached hydrogen (secondary N) is 2. The molecule has 0 atom stereocenters. The van der Waals surface area contributed by atoms with Gasteiger partial charge in [0.1, 0.15) is 11.5 Å². The molecule has 2 aliphatic rings. The predicted octanol–water partition coefficient (Wildman–Crippen LogP) is 4.65. The van der Waals surface area contributed by atoms with Crippen LogP contribution in [0.2, 0.25) is 0 Å². The van der Waals surface area contributed by atoms with Gasteiger partial charge in [-0.1, -0.05) is 13.0 Å². The minimum atomic E-state index is -4.60. The molecule has 3 aromatic heterocycles. The van der Waals surface area contributed by atoms with Crippen LogP contribution in [0.3, 0.4) is 0 Å². The first-order chi connectivity index (χ1) is 20.5. The summed E-state index contributed by atoms with van der Waals surface area (Å²) in [6, 6.07) is 7.13. The molecule has 14 heteroatoms. The van der Waals surface area contributed by atoms with Gasteiger partial charge in [-0.15, -0.1) is 0 Å². The molecule has 43 heavy (non-hydrogen) atoms. The van der Waals surface area contributed by atoms with E-state index in [2.05, 4.69) is 42.0 Å². The predicted molar refractivity (Wildman–Crippen MR) is 159 cm³/mol. The van der Waals surface area contributed by atoms with Gasteiger partial charge in [0.2, 0.25) is 17.7 Å². The SMILES string of the molecule is C=CC(=O)Nc1cc(Nc2nccc(N3CC4(CCC4)c4ncccc43)n2)c(OCC(F)(F)F)nc1N(C)CCN(C)C. The number of carbonyl (C=O) groups is 1. The van der Waals surface area contributed by atoms with Crippen LogP contribution in [-0.4, -0.2) is 84.3 Å². The number of hydrogen-bond donors (Lipinski definition) is 2. The van der Waals surface area contributed by atoms with Crippen molar-refractivity contribution in [1.29, 1.82) is 0 Å². The zero-order valence-electron chi connectivity index (χ0n) is 24.3. The molecule has 0 aromatic carbocycles. The number of hydrogen-bond acceptors (Lipinski definition) is 10. The van der Waals surface area contributed by atoms with E-state index in [4.69, 9.17) is 4.74 Å². The van der Waals surface area contributed by atoms with Crippen LogP contribution in [0.5, 0.6) is 5.88 Å². The summed E-state index contributed by atoms with van der Waals surface area (Å²) in [5.41, 5.74) is 2.31. The fraction of sp³-hybridized carbons (Fsp3) is 0.414. The Morgan fingerprint density at radius 1 is 1.14 bits per heavy atom.